The molecule has 0 spiro atoms. The molecule has 3 aromatic rings. The molecule has 1 aromatic carbocycles. The Bertz CT molecular complexity index is 891. The molecular weight excluding hydrogens is 314 g/mol. The second-order valence-electron chi connectivity index (χ2n) is 6.40. The van der Waals surface area contributed by atoms with Crippen LogP contribution in [0.3, 0.4) is 0 Å². The zero-order valence-electron chi connectivity index (χ0n) is 14.2. The quantitative estimate of drug-likeness (QED) is 0.769. The van der Waals surface area contributed by atoms with Crippen LogP contribution in [0.4, 0.5) is 5.69 Å². The van der Waals surface area contributed by atoms with Crippen molar-refractivity contribution in [3.63, 3.8) is 0 Å². The lowest BCUT2D eigenvalue weighted by molar-refractivity contribution is 0.101. The molecule has 0 saturated carbocycles. The van der Waals surface area contributed by atoms with Crippen LogP contribution in [0.1, 0.15) is 27.3 Å². The molecule has 0 radical (unpaired) electrons. The lowest BCUT2D eigenvalue weighted by atomic mass is 10.2. The zero-order chi connectivity index (χ0) is 17.2. The maximum Gasteiger partial charge on any atom is 0.272 e. The Morgan fingerprint density at radius 1 is 1.24 bits per heavy atom. The SMILES string of the molecule is Cc1cnn(Cc2ccc(NC(=O)c3ccc4n3CCNC4)cc2)c1. The molecule has 0 fully saturated rings. The molecular formula is C19H21N5O. The highest BCUT2D eigenvalue weighted by molar-refractivity contribution is 6.03. The highest BCUT2D eigenvalue weighted by Gasteiger charge is 2.17. The number of nitrogens with one attached hydrogen (secondary N) is 2. The normalized spacial score (nSPS) is 13.5. The smallest absolute Gasteiger partial charge is 0.272 e. The third-order valence-electron chi connectivity index (χ3n) is 4.44. The minimum atomic E-state index is -0.0661. The molecule has 2 aromatic heterocycles. The first kappa shape index (κ1) is 15.7. The summed E-state index contributed by atoms with van der Waals surface area (Å²) in [6, 6.07) is 11.8. The predicted octanol–water partition coefficient (Wildman–Crippen LogP) is 2.40. The van der Waals surface area contributed by atoms with E-state index < -0.39 is 0 Å². The van der Waals surface area contributed by atoms with E-state index in [4.69, 9.17) is 0 Å². The molecule has 0 atom stereocenters. The summed E-state index contributed by atoms with van der Waals surface area (Å²) < 4.78 is 3.99. The van der Waals surface area contributed by atoms with Crippen molar-refractivity contribution in [1.29, 1.82) is 0 Å². The second-order valence-corrected chi connectivity index (χ2v) is 6.40. The van der Waals surface area contributed by atoms with E-state index in [1.807, 2.05) is 60.4 Å². The van der Waals surface area contributed by atoms with Crippen molar-refractivity contribution in [2.45, 2.75) is 26.6 Å². The Morgan fingerprint density at radius 2 is 2.08 bits per heavy atom. The summed E-state index contributed by atoms with van der Waals surface area (Å²) in [5.74, 6) is -0.0661. The van der Waals surface area contributed by atoms with E-state index in [0.29, 0.717) is 5.69 Å². The van der Waals surface area contributed by atoms with Gasteiger partial charge in [-0.3, -0.25) is 9.48 Å². The van der Waals surface area contributed by atoms with Gasteiger partial charge < -0.3 is 15.2 Å². The molecule has 1 aliphatic heterocycles. The van der Waals surface area contributed by atoms with Crippen molar-refractivity contribution in [1.82, 2.24) is 19.7 Å². The van der Waals surface area contributed by atoms with Gasteiger partial charge >= 0.3 is 0 Å². The van der Waals surface area contributed by atoms with Crippen LogP contribution in [0.2, 0.25) is 0 Å². The van der Waals surface area contributed by atoms with Crippen LogP contribution in [-0.2, 0) is 19.6 Å². The molecule has 3 heterocycles. The highest BCUT2D eigenvalue weighted by Crippen LogP contribution is 2.16. The Morgan fingerprint density at radius 3 is 2.84 bits per heavy atom. The van der Waals surface area contributed by atoms with Crippen molar-refractivity contribution in [3.05, 3.63) is 71.3 Å². The van der Waals surface area contributed by atoms with Crippen LogP contribution in [0, 0.1) is 6.92 Å². The molecule has 0 aliphatic carbocycles. The average molecular weight is 335 g/mol. The van der Waals surface area contributed by atoms with Gasteiger partial charge in [0, 0.05) is 37.2 Å². The molecule has 128 valence electrons. The Balaban J connectivity index is 1.44. The van der Waals surface area contributed by atoms with Crippen molar-refractivity contribution < 1.29 is 4.79 Å². The minimum absolute atomic E-state index is 0.0661. The van der Waals surface area contributed by atoms with Crippen LogP contribution in [-0.4, -0.2) is 26.8 Å². The van der Waals surface area contributed by atoms with E-state index in [9.17, 15) is 4.79 Å². The van der Waals surface area contributed by atoms with Gasteiger partial charge in [-0.05, 0) is 42.3 Å². The fourth-order valence-electron chi connectivity index (χ4n) is 3.16. The van der Waals surface area contributed by atoms with Gasteiger partial charge in [-0.2, -0.15) is 5.10 Å². The van der Waals surface area contributed by atoms with Crippen molar-refractivity contribution >= 4 is 11.6 Å². The number of rotatable bonds is 4. The third kappa shape index (κ3) is 3.34. The fraction of sp³-hybridized carbons (Fsp3) is 0.263. The van der Waals surface area contributed by atoms with Gasteiger partial charge in [0.1, 0.15) is 5.69 Å². The largest absolute Gasteiger partial charge is 0.338 e. The van der Waals surface area contributed by atoms with Crippen molar-refractivity contribution in [2.75, 3.05) is 11.9 Å². The maximum absolute atomic E-state index is 12.6. The standard InChI is InChI=1S/C19H21N5O/c1-14-10-21-23(12-14)13-15-2-4-16(5-3-15)22-19(25)18-7-6-17-11-20-8-9-24(17)18/h2-7,10,12,20H,8-9,11,13H2,1H3,(H,22,25). The van der Waals surface area contributed by atoms with Gasteiger partial charge in [-0.15, -0.1) is 0 Å². The molecule has 0 saturated heterocycles. The van der Waals surface area contributed by atoms with E-state index in [-0.39, 0.29) is 5.91 Å². The summed E-state index contributed by atoms with van der Waals surface area (Å²) in [7, 11) is 0. The first-order valence-corrected chi connectivity index (χ1v) is 8.47. The first-order valence-electron chi connectivity index (χ1n) is 8.47. The number of anilines is 1. The molecule has 6 nitrogen and oxygen atoms in total. The lowest BCUT2D eigenvalue weighted by Gasteiger charge is -2.18. The summed E-state index contributed by atoms with van der Waals surface area (Å²) in [5.41, 5.74) is 4.96. The monoisotopic (exact) mass is 335 g/mol. The maximum atomic E-state index is 12.6. The molecule has 1 aliphatic rings. The topological polar surface area (TPSA) is 63.9 Å². The van der Waals surface area contributed by atoms with Gasteiger partial charge in [0.15, 0.2) is 0 Å². The summed E-state index contributed by atoms with van der Waals surface area (Å²) in [6.45, 7) is 5.28. The van der Waals surface area contributed by atoms with Crippen LogP contribution < -0.4 is 10.6 Å². The molecule has 1 amide bonds. The fourth-order valence-corrected chi connectivity index (χ4v) is 3.16. The molecule has 6 heteroatoms. The number of fused-ring (bicyclic) bond motifs is 1. The molecule has 0 bridgehead atoms. The molecule has 0 unspecified atom stereocenters. The Hall–Kier alpha value is -2.86. The van der Waals surface area contributed by atoms with Crippen LogP contribution in [0.15, 0.2) is 48.8 Å². The lowest BCUT2D eigenvalue weighted by Crippen LogP contribution is -2.30. The van der Waals surface area contributed by atoms with E-state index in [2.05, 4.69) is 20.3 Å². The van der Waals surface area contributed by atoms with E-state index in [1.165, 1.54) is 0 Å². The Kier molecular flexibility index (Phi) is 4.11. The van der Waals surface area contributed by atoms with E-state index in [0.717, 1.165) is 48.7 Å². The number of hydrogen-bond acceptors (Lipinski definition) is 3. The van der Waals surface area contributed by atoms with Gasteiger partial charge in [0.2, 0.25) is 0 Å². The van der Waals surface area contributed by atoms with E-state index in [1.54, 1.807) is 0 Å². The number of carbonyl (C=O) groups is 1. The Labute approximate surface area is 146 Å². The minimum Gasteiger partial charge on any atom is -0.338 e. The van der Waals surface area contributed by atoms with Crippen LogP contribution in [0.5, 0.6) is 0 Å². The number of aryl methyl sites for hydroxylation is 1. The summed E-state index contributed by atoms with van der Waals surface area (Å²) >= 11 is 0. The number of hydrogen-bond donors (Lipinski definition) is 2. The number of aromatic nitrogens is 3. The first-order chi connectivity index (χ1) is 12.2. The zero-order valence-corrected chi connectivity index (χ0v) is 14.2. The molecule has 2 N–H and O–H groups in total. The predicted molar refractivity (Wildman–Crippen MR) is 96.6 cm³/mol. The van der Waals surface area contributed by atoms with E-state index >= 15 is 0 Å². The highest BCUT2D eigenvalue weighted by atomic mass is 16.1. The molecule has 25 heavy (non-hydrogen) atoms. The van der Waals surface area contributed by atoms with Gasteiger partial charge in [-0.25, -0.2) is 0 Å². The average Bonchev–Trinajstić information content (AvgIpc) is 3.23. The van der Waals surface area contributed by atoms with Crippen molar-refractivity contribution in [2.24, 2.45) is 0 Å². The van der Waals surface area contributed by atoms with Crippen molar-refractivity contribution in [3.8, 4) is 0 Å². The summed E-state index contributed by atoms with van der Waals surface area (Å²) in [5, 5.41) is 10.6. The molecule has 4 rings (SSSR count). The summed E-state index contributed by atoms with van der Waals surface area (Å²) in [6.07, 6.45) is 3.86. The van der Waals surface area contributed by atoms with Gasteiger partial charge in [-0.1, -0.05) is 12.1 Å². The number of carbonyl (C=O) groups excluding carboxylic acids is 1. The number of amides is 1. The van der Waals surface area contributed by atoms with Crippen LogP contribution >= 0.6 is 0 Å². The number of nitrogens with zero attached hydrogens (tertiary/aromatic N) is 3. The second kappa shape index (κ2) is 6.57. The van der Waals surface area contributed by atoms with Gasteiger partial charge in [0.05, 0.1) is 12.7 Å². The van der Waals surface area contributed by atoms with Crippen LogP contribution in [0.25, 0.3) is 0 Å². The third-order valence-corrected chi connectivity index (χ3v) is 4.44. The summed E-state index contributed by atoms with van der Waals surface area (Å²) in [4.78, 5) is 12.6. The number of benzene rings is 1. The van der Waals surface area contributed by atoms with Gasteiger partial charge in [0.25, 0.3) is 5.91 Å².